The molecular weight excluding hydrogens is 288 g/mol. The van der Waals surface area contributed by atoms with Gasteiger partial charge >= 0.3 is 0 Å². The molecular formula is C14H16N4O2S. The second-order valence-electron chi connectivity index (χ2n) is 4.87. The van der Waals surface area contributed by atoms with E-state index in [-0.39, 0.29) is 11.4 Å². The standard InChI is InChI=1S/C14H16N4O2S/c19-21(20,18-9-12-5-7-15-10-17-12)13-4-3-11-2-1-6-16-14(11)8-13/h3-5,7-8,10,16,18H,1-2,6,9H2. The number of anilines is 1. The van der Waals surface area contributed by atoms with Crippen LogP contribution in [-0.2, 0) is 23.0 Å². The highest BCUT2D eigenvalue weighted by Gasteiger charge is 2.17. The van der Waals surface area contributed by atoms with E-state index >= 15 is 0 Å². The maximum atomic E-state index is 12.3. The third-order valence-corrected chi connectivity index (χ3v) is 4.82. The summed E-state index contributed by atoms with van der Waals surface area (Å²) < 4.78 is 27.2. The van der Waals surface area contributed by atoms with Gasteiger partial charge in [0.2, 0.25) is 10.0 Å². The highest BCUT2D eigenvalue weighted by atomic mass is 32.2. The Bertz CT molecular complexity index is 732. The fourth-order valence-corrected chi connectivity index (χ4v) is 3.31. The molecule has 0 fully saturated rings. The van der Waals surface area contributed by atoms with Gasteiger partial charge in [-0.1, -0.05) is 6.07 Å². The van der Waals surface area contributed by atoms with Gasteiger partial charge in [-0.05, 0) is 36.6 Å². The minimum atomic E-state index is -3.54. The van der Waals surface area contributed by atoms with Crippen molar-refractivity contribution in [2.75, 3.05) is 11.9 Å². The Balaban J connectivity index is 1.78. The van der Waals surface area contributed by atoms with Crippen molar-refractivity contribution in [1.29, 1.82) is 0 Å². The van der Waals surface area contributed by atoms with Crippen molar-refractivity contribution < 1.29 is 8.42 Å². The van der Waals surface area contributed by atoms with Gasteiger partial charge in [0.25, 0.3) is 0 Å². The van der Waals surface area contributed by atoms with Crippen molar-refractivity contribution >= 4 is 15.7 Å². The summed E-state index contributed by atoms with van der Waals surface area (Å²) in [6.45, 7) is 1.03. The smallest absolute Gasteiger partial charge is 0.240 e. The number of rotatable bonds is 4. The van der Waals surface area contributed by atoms with Crippen LogP contribution in [0.25, 0.3) is 0 Å². The molecule has 7 heteroatoms. The minimum absolute atomic E-state index is 0.148. The second kappa shape index (κ2) is 5.79. The van der Waals surface area contributed by atoms with E-state index in [9.17, 15) is 8.42 Å². The third kappa shape index (κ3) is 3.20. The summed E-state index contributed by atoms with van der Waals surface area (Å²) in [5.41, 5.74) is 2.70. The number of benzene rings is 1. The van der Waals surface area contributed by atoms with Gasteiger partial charge in [0.1, 0.15) is 6.33 Å². The fourth-order valence-electron chi connectivity index (χ4n) is 2.28. The molecule has 2 N–H and O–H groups in total. The van der Waals surface area contributed by atoms with Crippen molar-refractivity contribution in [2.45, 2.75) is 24.3 Å². The van der Waals surface area contributed by atoms with Crippen LogP contribution in [0.1, 0.15) is 17.7 Å². The molecule has 0 unspecified atom stereocenters. The molecule has 1 aromatic carbocycles. The van der Waals surface area contributed by atoms with E-state index in [1.54, 1.807) is 24.4 Å². The lowest BCUT2D eigenvalue weighted by atomic mass is 10.0. The zero-order valence-electron chi connectivity index (χ0n) is 11.4. The zero-order chi connectivity index (χ0) is 14.7. The van der Waals surface area contributed by atoms with E-state index in [0.29, 0.717) is 5.69 Å². The van der Waals surface area contributed by atoms with E-state index in [4.69, 9.17) is 0 Å². The maximum Gasteiger partial charge on any atom is 0.240 e. The Kier molecular flexibility index (Phi) is 3.85. The molecule has 3 rings (SSSR count). The van der Waals surface area contributed by atoms with Crippen LogP contribution in [0, 0.1) is 0 Å². The predicted octanol–water partition coefficient (Wildman–Crippen LogP) is 1.31. The van der Waals surface area contributed by atoms with Crippen molar-refractivity contribution in [3.05, 3.63) is 48.0 Å². The number of aryl methyl sites for hydroxylation is 1. The molecule has 0 saturated carbocycles. The van der Waals surface area contributed by atoms with E-state index in [1.807, 2.05) is 6.07 Å². The van der Waals surface area contributed by atoms with Gasteiger partial charge in [-0.3, -0.25) is 0 Å². The molecule has 0 radical (unpaired) electrons. The zero-order valence-corrected chi connectivity index (χ0v) is 12.2. The van der Waals surface area contributed by atoms with Crippen LogP contribution >= 0.6 is 0 Å². The number of hydrogen-bond donors (Lipinski definition) is 2. The largest absolute Gasteiger partial charge is 0.385 e. The molecule has 0 saturated heterocycles. The molecule has 2 heterocycles. The third-order valence-electron chi connectivity index (χ3n) is 3.42. The van der Waals surface area contributed by atoms with Gasteiger partial charge < -0.3 is 5.32 Å². The molecule has 110 valence electrons. The lowest BCUT2D eigenvalue weighted by Gasteiger charge is -2.18. The maximum absolute atomic E-state index is 12.3. The molecule has 1 aliphatic heterocycles. The summed E-state index contributed by atoms with van der Waals surface area (Å²) in [7, 11) is -3.54. The summed E-state index contributed by atoms with van der Waals surface area (Å²) in [6, 6.07) is 6.89. The van der Waals surface area contributed by atoms with E-state index in [0.717, 1.165) is 30.6 Å². The Morgan fingerprint density at radius 1 is 1.29 bits per heavy atom. The van der Waals surface area contributed by atoms with Crippen LogP contribution in [-0.4, -0.2) is 24.9 Å². The molecule has 0 amide bonds. The number of fused-ring (bicyclic) bond motifs is 1. The van der Waals surface area contributed by atoms with Crippen LogP contribution in [0.4, 0.5) is 5.69 Å². The topological polar surface area (TPSA) is 84.0 Å². The molecule has 6 nitrogen and oxygen atoms in total. The van der Waals surface area contributed by atoms with Crippen molar-refractivity contribution in [1.82, 2.24) is 14.7 Å². The molecule has 1 aromatic heterocycles. The van der Waals surface area contributed by atoms with Crippen LogP contribution < -0.4 is 10.0 Å². The monoisotopic (exact) mass is 304 g/mol. The first-order valence-electron chi connectivity index (χ1n) is 6.76. The van der Waals surface area contributed by atoms with E-state index in [2.05, 4.69) is 20.0 Å². The Morgan fingerprint density at radius 3 is 3.00 bits per heavy atom. The second-order valence-corrected chi connectivity index (χ2v) is 6.64. The average molecular weight is 304 g/mol. The number of hydrogen-bond acceptors (Lipinski definition) is 5. The summed E-state index contributed by atoms with van der Waals surface area (Å²) >= 11 is 0. The molecule has 0 atom stereocenters. The Labute approximate surface area is 123 Å². The fraction of sp³-hybridized carbons (Fsp3) is 0.286. The highest BCUT2D eigenvalue weighted by molar-refractivity contribution is 7.89. The molecule has 2 aromatic rings. The SMILES string of the molecule is O=S(=O)(NCc1ccncn1)c1ccc2c(c1)NCCC2. The van der Waals surface area contributed by atoms with Crippen molar-refractivity contribution in [2.24, 2.45) is 0 Å². The van der Waals surface area contributed by atoms with Crippen molar-refractivity contribution in [3.63, 3.8) is 0 Å². The van der Waals surface area contributed by atoms with Crippen LogP contribution in [0.3, 0.4) is 0 Å². The van der Waals surface area contributed by atoms with E-state index < -0.39 is 10.0 Å². The van der Waals surface area contributed by atoms with Crippen LogP contribution in [0.5, 0.6) is 0 Å². The summed E-state index contributed by atoms with van der Waals surface area (Å²) in [5, 5.41) is 3.24. The van der Waals surface area contributed by atoms with Gasteiger partial charge in [0.05, 0.1) is 17.1 Å². The van der Waals surface area contributed by atoms with E-state index in [1.165, 1.54) is 6.33 Å². The Morgan fingerprint density at radius 2 is 2.19 bits per heavy atom. The highest BCUT2D eigenvalue weighted by Crippen LogP contribution is 2.25. The normalized spacial score (nSPS) is 14.3. The lowest BCUT2D eigenvalue weighted by molar-refractivity contribution is 0.580. The van der Waals surface area contributed by atoms with Gasteiger partial charge in [0, 0.05) is 18.4 Å². The number of nitrogens with zero attached hydrogens (tertiary/aromatic N) is 2. The molecule has 21 heavy (non-hydrogen) atoms. The number of sulfonamides is 1. The Hall–Kier alpha value is -1.99. The molecule has 1 aliphatic rings. The molecule has 0 spiro atoms. The van der Waals surface area contributed by atoms with Gasteiger partial charge in [-0.15, -0.1) is 0 Å². The average Bonchev–Trinajstić information content (AvgIpc) is 2.53. The minimum Gasteiger partial charge on any atom is -0.385 e. The number of aromatic nitrogens is 2. The molecule has 0 aliphatic carbocycles. The van der Waals surface area contributed by atoms with Gasteiger partial charge in [-0.25, -0.2) is 23.1 Å². The van der Waals surface area contributed by atoms with Crippen molar-refractivity contribution in [3.8, 4) is 0 Å². The first kappa shape index (κ1) is 14.0. The summed E-state index contributed by atoms with van der Waals surface area (Å²) in [5.74, 6) is 0. The summed E-state index contributed by atoms with van der Waals surface area (Å²) in [4.78, 5) is 8.06. The summed E-state index contributed by atoms with van der Waals surface area (Å²) in [6.07, 6.45) is 5.04. The van der Waals surface area contributed by atoms with Crippen LogP contribution in [0.2, 0.25) is 0 Å². The first-order valence-corrected chi connectivity index (χ1v) is 8.25. The quantitative estimate of drug-likeness (QED) is 0.890. The van der Waals surface area contributed by atoms with Gasteiger partial charge in [0.15, 0.2) is 0 Å². The lowest BCUT2D eigenvalue weighted by Crippen LogP contribution is -2.24. The van der Waals surface area contributed by atoms with Crippen LogP contribution in [0.15, 0.2) is 41.7 Å². The molecule has 0 bridgehead atoms. The first-order chi connectivity index (χ1) is 10.1. The predicted molar refractivity (Wildman–Crippen MR) is 79.3 cm³/mol. The van der Waals surface area contributed by atoms with Gasteiger partial charge in [-0.2, -0.15) is 0 Å². The number of nitrogens with one attached hydrogen (secondary N) is 2.